The minimum atomic E-state index is -0.962. The third-order valence-corrected chi connectivity index (χ3v) is 4.75. The highest BCUT2D eigenvalue weighted by Gasteiger charge is 2.22. The van der Waals surface area contributed by atoms with Crippen molar-refractivity contribution in [2.24, 2.45) is 0 Å². The van der Waals surface area contributed by atoms with Gasteiger partial charge in [0.2, 0.25) is 5.83 Å². The van der Waals surface area contributed by atoms with Crippen molar-refractivity contribution in [2.45, 2.75) is 25.9 Å². The van der Waals surface area contributed by atoms with Gasteiger partial charge >= 0.3 is 5.97 Å². The molecule has 1 fully saturated rings. The molecule has 0 saturated carbocycles. The number of nitrogens with one attached hydrogen (secondary N) is 1. The van der Waals surface area contributed by atoms with Crippen LogP contribution in [0, 0.1) is 0 Å². The molecule has 0 bridgehead atoms. The van der Waals surface area contributed by atoms with Gasteiger partial charge < -0.3 is 10.1 Å². The van der Waals surface area contributed by atoms with Crippen molar-refractivity contribution in [3.63, 3.8) is 0 Å². The first-order valence-corrected chi connectivity index (χ1v) is 9.65. The Morgan fingerprint density at radius 2 is 2.14 bits per heavy atom. The van der Waals surface area contributed by atoms with Gasteiger partial charge in [0, 0.05) is 36.9 Å². The molecule has 1 aromatic heterocycles. The van der Waals surface area contributed by atoms with Crippen LogP contribution in [-0.4, -0.2) is 41.6 Å². The minimum Gasteiger partial charge on any atom is -0.461 e. The van der Waals surface area contributed by atoms with Gasteiger partial charge in [0.1, 0.15) is 5.82 Å². The monoisotopic (exact) mass is 403 g/mol. The number of ether oxygens (including phenoxy) is 1. The molecule has 5 nitrogen and oxygen atoms in total. The van der Waals surface area contributed by atoms with Crippen molar-refractivity contribution < 1.29 is 13.9 Å². The summed E-state index contributed by atoms with van der Waals surface area (Å²) in [4.78, 5) is 18.0. The summed E-state index contributed by atoms with van der Waals surface area (Å²) < 4.78 is 18.3. The summed E-state index contributed by atoms with van der Waals surface area (Å²) in [7, 11) is 0. The molecule has 2 heterocycles. The highest BCUT2D eigenvalue weighted by atomic mass is 35.5. The van der Waals surface area contributed by atoms with Crippen molar-refractivity contribution in [1.82, 2.24) is 9.88 Å². The van der Waals surface area contributed by atoms with E-state index >= 15 is 0 Å². The Bertz CT molecular complexity index is 825. The largest absolute Gasteiger partial charge is 0.461 e. The van der Waals surface area contributed by atoms with E-state index in [2.05, 4.69) is 19.9 Å². The zero-order valence-electron chi connectivity index (χ0n) is 15.7. The molecule has 0 amide bonds. The van der Waals surface area contributed by atoms with Crippen molar-refractivity contribution in [2.75, 3.05) is 25.0 Å². The fourth-order valence-corrected chi connectivity index (χ4v) is 3.26. The van der Waals surface area contributed by atoms with Gasteiger partial charge in [-0.05, 0) is 54.8 Å². The summed E-state index contributed by atoms with van der Waals surface area (Å²) in [5.74, 6) is -1.17. The maximum absolute atomic E-state index is 13.7. The molecule has 0 aliphatic carbocycles. The second kappa shape index (κ2) is 9.66. The van der Waals surface area contributed by atoms with Gasteiger partial charge in [-0.2, -0.15) is 4.39 Å². The number of rotatable bonds is 7. The minimum absolute atomic E-state index is 0.137. The molecule has 1 atom stereocenters. The summed E-state index contributed by atoms with van der Waals surface area (Å²) in [6.07, 6.45) is 3.67. The quantitative estimate of drug-likeness (QED) is 0.552. The van der Waals surface area contributed by atoms with Crippen LogP contribution in [0.5, 0.6) is 0 Å². The molecule has 2 aromatic rings. The molecule has 0 spiro atoms. The summed E-state index contributed by atoms with van der Waals surface area (Å²) in [5.41, 5.74) is 1.75. The molecule has 28 heavy (non-hydrogen) atoms. The fourth-order valence-electron chi connectivity index (χ4n) is 3.13. The Kier molecular flexibility index (Phi) is 7.01. The fraction of sp³-hybridized carbons (Fsp3) is 0.333. The number of nitrogens with zero attached hydrogens (tertiary/aromatic N) is 2. The number of hydrogen-bond acceptors (Lipinski definition) is 5. The van der Waals surface area contributed by atoms with Crippen LogP contribution in [0.3, 0.4) is 0 Å². The van der Waals surface area contributed by atoms with Crippen molar-refractivity contribution >= 4 is 29.5 Å². The van der Waals surface area contributed by atoms with E-state index in [0.29, 0.717) is 11.6 Å². The van der Waals surface area contributed by atoms with E-state index in [1.54, 1.807) is 19.1 Å². The Morgan fingerprint density at radius 3 is 2.82 bits per heavy atom. The number of likely N-dealkylation sites (tertiary alicyclic amines) is 1. The first-order valence-electron chi connectivity index (χ1n) is 9.27. The second-order valence-corrected chi connectivity index (χ2v) is 7.12. The van der Waals surface area contributed by atoms with Crippen LogP contribution in [0.4, 0.5) is 10.2 Å². The number of anilines is 1. The molecule has 148 valence electrons. The van der Waals surface area contributed by atoms with E-state index in [1.165, 1.54) is 11.8 Å². The van der Waals surface area contributed by atoms with Gasteiger partial charge in [0.25, 0.3) is 0 Å². The van der Waals surface area contributed by atoms with Crippen molar-refractivity contribution in [3.8, 4) is 0 Å². The molecule has 1 saturated heterocycles. The van der Waals surface area contributed by atoms with Gasteiger partial charge in [0.05, 0.1) is 6.61 Å². The molecule has 1 N–H and O–H groups in total. The number of aromatic nitrogens is 1. The van der Waals surface area contributed by atoms with E-state index in [9.17, 15) is 9.18 Å². The van der Waals surface area contributed by atoms with Crippen molar-refractivity contribution in [1.29, 1.82) is 0 Å². The third-order valence-electron chi connectivity index (χ3n) is 4.49. The number of hydrogen-bond donors (Lipinski definition) is 1. The summed E-state index contributed by atoms with van der Waals surface area (Å²) in [5, 5.41) is 4.16. The predicted octanol–water partition coefficient (Wildman–Crippen LogP) is 4.29. The average molecular weight is 404 g/mol. The van der Waals surface area contributed by atoms with Crippen LogP contribution in [0.15, 0.2) is 48.4 Å². The molecule has 1 aliphatic heterocycles. The van der Waals surface area contributed by atoms with E-state index in [1.807, 2.05) is 24.3 Å². The van der Waals surface area contributed by atoms with Crippen LogP contribution in [0.2, 0.25) is 5.02 Å². The number of carbonyl (C=O) groups is 1. The number of pyridine rings is 1. The number of halogens is 2. The first kappa shape index (κ1) is 20.3. The first-order chi connectivity index (χ1) is 13.5. The molecule has 3 rings (SSSR count). The average Bonchev–Trinajstić information content (AvgIpc) is 3.12. The van der Waals surface area contributed by atoms with E-state index < -0.39 is 11.8 Å². The van der Waals surface area contributed by atoms with Crippen LogP contribution in [-0.2, 0) is 16.1 Å². The highest BCUT2D eigenvalue weighted by molar-refractivity contribution is 6.30. The zero-order chi connectivity index (χ0) is 19.9. The lowest BCUT2D eigenvalue weighted by Gasteiger charge is -2.17. The molecular weight excluding hydrogens is 381 g/mol. The highest BCUT2D eigenvalue weighted by Crippen LogP contribution is 2.19. The normalized spacial score (nSPS) is 17.5. The molecular formula is C21H23ClFN3O2. The summed E-state index contributed by atoms with van der Waals surface area (Å²) >= 11 is 5.93. The van der Waals surface area contributed by atoms with Gasteiger partial charge in [-0.3, -0.25) is 4.90 Å². The Balaban J connectivity index is 1.51. The zero-order valence-corrected chi connectivity index (χ0v) is 16.5. The Hall–Kier alpha value is -2.44. The van der Waals surface area contributed by atoms with E-state index in [4.69, 9.17) is 11.6 Å². The lowest BCUT2D eigenvalue weighted by Crippen LogP contribution is -2.26. The lowest BCUT2D eigenvalue weighted by atomic mass is 10.2. The number of carbonyl (C=O) groups excluding carboxylic acids is 1. The van der Waals surface area contributed by atoms with Crippen LogP contribution in [0.25, 0.3) is 6.08 Å². The summed E-state index contributed by atoms with van der Waals surface area (Å²) in [6.45, 7) is 4.58. The predicted molar refractivity (Wildman–Crippen MR) is 109 cm³/mol. The van der Waals surface area contributed by atoms with Crippen LogP contribution in [0.1, 0.15) is 24.5 Å². The molecule has 1 aliphatic rings. The smallest absolute Gasteiger partial charge is 0.367 e. The van der Waals surface area contributed by atoms with Gasteiger partial charge in [-0.25, -0.2) is 9.78 Å². The Morgan fingerprint density at radius 1 is 1.36 bits per heavy atom. The van der Waals surface area contributed by atoms with E-state index in [0.717, 1.165) is 43.0 Å². The van der Waals surface area contributed by atoms with Crippen molar-refractivity contribution in [3.05, 3.63) is 64.6 Å². The van der Waals surface area contributed by atoms with Gasteiger partial charge in [-0.1, -0.05) is 23.7 Å². The van der Waals surface area contributed by atoms with Gasteiger partial charge in [-0.15, -0.1) is 0 Å². The second-order valence-electron chi connectivity index (χ2n) is 6.68. The van der Waals surface area contributed by atoms with Crippen LogP contribution >= 0.6 is 11.6 Å². The molecule has 1 aromatic carbocycles. The van der Waals surface area contributed by atoms with Gasteiger partial charge in [0.15, 0.2) is 0 Å². The lowest BCUT2D eigenvalue weighted by molar-refractivity contribution is -0.140. The molecule has 7 heteroatoms. The van der Waals surface area contributed by atoms with E-state index in [-0.39, 0.29) is 6.61 Å². The molecule has 0 radical (unpaired) electrons. The standard InChI is InChI=1S/C21H23ClFN3O2/c1-2-28-21(27)19(23)11-16-5-8-20(24-12-16)25-18-9-10-26(14-18)13-15-3-6-17(22)7-4-15/h3-8,11-12,18H,2,9-10,13-14H2,1H3,(H,24,25)/b19-11-/t18-/m1/s1. The number of esters is 1. The maximum atomic E-state index is 13.7. The van der Waals surface area contributed by atoms with Crippen LogP contribution < -0.4 is 5.32 Å². The molecule has 0 unspecified atom stereocenters. The summed E-state index contributed by atoms with van der Waals surface area (Å²) in [6, 6.07) is 11.7. The maximum Gasteiger partial charge on any atom is 0.367 e. The third kappa shape index (κ3) is 5.78. The Labute approximate surface area is 169 Å². The SMILES string of the molecule is CCOC(=O)/C(F)=C/c1ccc(N[C@@H]2CCN(Cc3ccc(Cl)cc3)C2)nc1. The number of benzene rings is 1. The topological polar surface area (TPSA) is 54.5 Å².